The van der Waals surface area contributed by atoms with Crippen molar-refractivity contribution in [2.45, 2.75) is 33.6 Å². The highest BCUT2D eigenvalue weighted by molar-refractivity contribution is 6.01. The third-order valence-corrected chi connectivity index (χ3v) is 3.22. The maximum atomic E-state index is 6.03. The molecule has 0 atom stereocenters. The van der Waals surface area contributed by atoms with Crippen LogP contribution < -0.4 is 5.73 Å². The molecule has 1 heterocycles. The zero-order valence-electron chi connectivity index (χ0n) is 12.8. The Kier molecular flexibility index (Phi) is 6.04. The van der Waals surface area contributed by atoms with E-state index in [1.54, 1.807) is 6.08 Å². The molecular formula is C17H25N3. The maximum absolute atomic E-state index is 6.03. The van der Waals surface area contributed by atoms with Crippen molar-refractivity contribution in [3.63, 3.8) is 0 Å². The molecule has 0 bridgehead atoms. The van der Waals surface area contributed by atoms with Crippen molar-refractivity contribution in [1.82, 2.24) is 4.90 Å². The van der Waals surface area contributed by atoms with Crippen LogP contribution in [0.25, 0.3) is 0 Å². The van der Waals surface area contributed by atoms with E-state index in [2.05, 4.69) is 25.0 Å². The minimum Gasteiger partial charge on any atom is -0.402 e. The van der Waals surface area contributed by atoms with E-state index in [9.17, 15) is 0 Å². The molecule has 20 heavy (non-hydrogen) atoms. The first-order valence-corrected chi connectivity index (χ1v) is 7.00. The van der Waals surface area contributed by atoms with E-state index >= 15 is 0 Å². The van der Waals surface area contributed by atoms with E-state index in [4.69, 9.17) is 10.7 Å². The van der Waals surface area contributed by atoms with Crippen molar-refractivity contribution < 1.29 is 0 Å². The molecule has 1 rings (SSSR count). The molecule has 1 saturated heterocycles. The summed E-state index contributed by atoms with van der Waals surface area (Å²) in [6.45, 7) is 14.7. The van der Waals surface area contributed by atoms with Gasteiger partial charge in [0.25, 0.3) is 0 Å². The maximum Gasteiger partial charge on any atom is 0.138 e. The number of piperidine rings is 1. The van der Waals surface area contributed by atoms with Crippen molar-refractivity contribution in [2.24, 2.45) is 10.7 Å². The van der Waals surface area contributed by atoms with Gasteiger partial charge >= 0.3 is 0 Å². The molecule has 3 nitrogen and oxygen atoms in total. The number of hydrogen-bond donors (Lipinski definition) is 1. The lowest BCUT2D eigenvalue weighted by atomic mass is 9.99. The molecule has 0 saturated carbocycles. The predicted molar refractivity (Wildman–Crippen MR) is 88.2 cm³/mol. The average Bonchev–Trinajstić information content (AvgIpc) is 2.39. The van der Waals surface area contributed by atoms with Gasteiger partial charge in [-0.15, -0.1) is 0 Å². The number of amidine groups is 1. The van der Waals surface area contributed by atoms with Crippen LogP contribution in [0.5, 0.6) is 0 Å². The van der Waals surface area contributed by atoms with Crippen LogP contribution >= 0.6 is 0 Å². The quantitative estimate of drug-likeness (QED) is 0.788. The van der Waals surface area contributed by atoms with Crippen LogP contribution in [0.1, 0.15) is 33.6 Å². The van der Waals surface area contributed by atoms with Crippen molar-refractivity contribution in [2.75, 3.05) is 6.54 Å². The van der Waals surface area contributed by atoms with Gasteiger partial charge in [0.15, 0.2) is 0 Å². The fraction of sp³-hybridized carbons (Fsp3) is 0.353. The summed E-state index contributed by atoms with van der Waals surface area (Å²) >= 11 is 0. The highest BCUT2D eigenvalue weighted by Crippen LogP contribution is 2.27. The summed E-state index contributed by atoms with van der Waals surface area (Å²) in [6.07, 6.45) is 9.39. The Balaban J connectivity index is 3.36. The lowest BCUT2D eigenvalue weighted by Gasteiger charge is -2.33. The van der Waals surface area contributed by atoms with Crippen molar-refractivity contribution in [3.8, 4) is 0 Å². The van der Waals surface area contributed by atoms with Crippen LogP contribution in [0.15, 0.2) is 65.1 Å². The predicted octanol–water partition coefficient (Wildman–Crippen LogP) is 3.89. The molecule has 0 spiro atoms. The monoisotopic (exact) mass is 271 g/mol. The molecule has 3 heteroatoms. The molecule has 108 valence electrons. The Hall–Kier alpha value is -2.03. The summed E-state index contributed by atoms with van der Waals surface area (Å²) in [4.78, 5) is 6.90. The molecule has 1 fully saturated rings. The van der Waals surface area contributed by atoms with Crippen LogP contribution in [0.3, 0.4) is 0 Å². The van der Waals surface area contributed by atoms with E-state index in [1.165, 1.54) is 0 Å². The molecule has 0 unspecified atom stereocenters. The molecule has 1 aliphatic rings. The molecule has 0 aromatic carbocycles. The summed E-state index contributed by atoms with van der Waals surface area (Å²) < 4.78 is 0. The number of nitrogens with two attached hydrogens (primary N) is 1. The highest BCUT2D eigenvalue weighted by Gasteiger charge is 2.24. The van der Waals surface area contributed by atoms with Gasteiger partial charge in [-0.3, -0.25) is 0 Å². The standard InChI is InChI=1S/C17H25N3/c1-6-9-15(10-7-2)19-17-16(14(5)18)12-11-13(4)20(17)8-3/h6-7,9-10H,1,4,8,11-12,18H2,2-3,5H3/b10-7-,15-9+,16-14-,19-17-. The van der Waals surface area contributed by atoms with E-state index in [-0.39, 0.29) is 0 Å². The van der Waals surface area contributed by atoms with Crippen LogP contribution in [0.2, 0.25) is 0 Å². The fourth-order valence-electron chi connectivity index (χ4n) is 2.25. The topological polar surface area (TPSA) is 41.6 Å². The number of likely N-dealkylation sites (N-methyl/N-ethyl adjacent to an activating group) is 1. The van der Waals surface area contributed by atoms with Crippen LogP contribution in [0, 0.1) is 0 Å². The third-order valence-electron chi connectivity index (χ3n) is 3.22. The van der Waals surface area contributed by atoms with Gasteiger partial charge in [-0.1, -0.05) is 25.3 Å². The Bertz CT molecular complexity index is 500. The zero-order chi connectivity index (χ0) is 15.1. The first kappa shape index (κ1) is 16.0. The number of nitrogens with zero attached hydrogens (tertiary/aromatic N) is 2. The van der Waals surface area contributed by atoms with Gasteiger partial charge in [-0.05, 0) is 45.8 Å². The summed E-state index contributed by atoms with van der Waals surface area (Å²) in [6, 6.07) is 0. The summed E-state index contributed by atoms with van der Waals surface area (Å²) in [5.74, 6) is 0.912. The lowest BCUT2D eigenvalue weighted by molar-refractivity contribution is 0.494. The second-order valence-corrected chi connectivity index (χ2v) is 4.73. The van der Waals surface area contributed by atoms with E-state index in [1.807, 2.05) is 32.1 Å². The van der Waals surface area contributed by atoms with Gasteiger partial charge < -0.3 is 10.6 Å². The van der Waals surface area contributed by atoms with E-state index in [0.29, 0.717) is 0 Å². The Morgan fingerprint density at radius 2 is 2.15 bits per heavy atom. The lowest BCUT2D eigenvalue weighted by Crippen LogP contribution is -2.36. The molecule has 0 aromatic rings. The third kappa shape index (κ3) is 3.73. The first-order chi connectivity index (χ1) is 9.54. The second-order valence-electron chi connectivity index (χ2n) is 4.73. The van der Waals surface area contributed by atoms with E-state index in [0.717, 1.165) is 47.9 Å². The van der Waals surface area contributed by atoms with Gasteiger partial charge in [0, 0.05) is 23.5 Å². The number of hydrogen-bond acceptors (Lipinski definition) is 2. The Morgan fingerprint density at radius 1 is 1.45 bits per heavy atom. The van der Waals surface area contributed by atoms with Crippen molar-refractivity contribution in [1.29, 1.82) is 0 Å². The fourth-order valence-corrected chi connectivity index (χ4v) is 2.25. The molecule has 0 amide bonds. The van der Waals surface area contributed by atoms with Gasteiger partial charge in [-0.2, -0.15) is 0 Å². The normalized spacial score (nSPS) is 21.8. The van der Waals surface area contributed by atoms with Gasteiger partial charge in [0.2, 0.25) is 0 Å². The summed E-state index contributed by atoms with van der Waals surface area (Å²) in [5, 5.41) is 0. The number of allylic oxidation sites excluding steroid dienone is 6. The Labute approximate surface area is 122 Å². The minimum absolute atomic E-state index is 0.827. The van der Waals surface area contributed by atoms with Crippen molar-refractivity contribution in [3.05, 3.63) is 60.1 Å². The van der Waals surface area contributed by atoms with E-state index < -0.39 is 0 Å². The molecule has 1 aliphatic heterocycles. The molecule has 0 aromatic heterocycles. The number of aliphatic imine (C=N–C) groups is 1. The zero-order valence-corrected chi connectivity index (χ0v) is 12.8. The molecule has 2 N–H and O–H groups in total. The SMILES string of the molecule is C=C/C=C(\C=C/C)/N=C1/C(=C(/C)N)CCC(=C)N1CC. The second kappa shape index (κ2) is 7.53. The largest absolute Gasteiger partial charge is 0.402 e. The number of likely N-dealkylation sites (tertiary alicyclic amines) is 1. The summed E-state index contributed by atoms with van der Waals surface area (Å²) in [7, 11) is 0. The van der Waals surface area contributed by atoms with Crippen LogP contribution in [0.4, 0.5) is 0 Å². The first-order valence-electron chi connectivity index (χ1n) is 7.00. The van der Waals surface area contributed by atoms with Gasteiger partial charge in [0.1, 0.15) is 5.84 Å². The van der Waals surface area contributed by atoms with Crippen molar-refractivity contribution >= 4 is 5.84 Å². The minimum atomic E-state index is 0.827. The average molecular weight is 271 g/mol. The van der Waals surface area contributed by atoms with Crippen LogP contribution in [-0.4, -0.2) is 17.3 Å². The summed E-state index contributed by atoms with van der Waals surface area (Å²) in [5.41, 5.74) is 9.92. The smallest absolute Gasteiger partial charge is 0.138 e. The highest BCUT2D eigenvalue weighted by atomic mass is 15.2. The number of rotatable bonds is 4. The molecule has 0 radical (unpaired) electrons. The van der Waals surface area contributed by atoms with Gasteiger partial charge in [-0.25, -0.2) is 4.99 Å². The molecule has 0 aliphatic carbocycles. The van der Waals surface area contributed by atoms with Crippen LogP contribution in [-0.2, 0) is 0 Å². The molecular weight excluding hydrogens is 246 g/mol. The Morgan fingerprint density at radius 3 is 2.65 bits per heavy atom. The van der Waals surface area contributed by atoms with Gasteiger partial charge in [0.05, 0.1) is 5.70 Å².